The van der Waals surface area contributed by atoms with E-state index in [1.807, 2.05) is 80.6 Å². The van der Waals surface area contributed by atoms with Crippen LogP contribution in [0, 0.1) is 25.7 Å². The lowest BCUT2D eigenvalue weighted by Crippen LogP contribution is -2.58. The molecule has 284 valence electrons. The van der Waals surface area contributed by atoms with Crippen molar-refractivity contribution in [3.63, 3.8) is 0 Å². The number of alkyl halides is 1. The Bertz CT molecular complexity index is 1870. The predicted molar refractivity (Wildman–Crippen MR) is 210 cm³/mol. The van der Waals surface area contributed by atoms with Gasteiger partial charge >= 0.3 is 5.97 Å². The fraction of sp³-hybridized carbons (Fsp3) is 0.395. The number of likely N-dealkylation sites (tertiary alicyclic amines) is 1. The van der Waals surface area contributed by atoms with Gasteiger partial charge in [0.25, 0.3) is 5.91 Å². The van der Waals surface area contributed by atoms with Crippen LogP contribution in [0.1, 0.15) is 60.6 Å². The highest BCUT2D eigenvalue weighted by Gasteiger charge is 2.78. The minimum absolute atomic E-state index is 0.154. The molecule has 3 amide bonds. The highest BCUT2D eigenvalue weighted by Crippen LogP contribution is 2.62. The first-order valence-electron chi connectivity index (χ1n) is 18.4. The Morgan fingerprint density at radius 3 is 2.24 bits per heavy atom. The first-order chi connectivity index (χ1) is 26.0. The second kappa shape index (κ2) is 16.4. The van der Waals surface area contributed by atoms with Gasteiger partial charge < -0.3 is 29.7 Å². The number of benzene rings is 3. The van der Waals surface area contributed by atoms with Crippen LogP contribution >= 0.6 is 15.9 Å². The second-order valence-corrected chi connectivity index (χ2v) is 15.6. The summed E-state index contributed by atoms with van der Waals surface area (Å²) < 4.78 is 13.2. The van der Waals surface area contributed by atoms with Crippen molar-refractivity contribution < 1.29 is 33.8 Å². The number of nitrogens with zero attached hydrogens (tertiary/aromatic N) is 2. The second-order valence-electron chi connectivity index (χ2n) is 14.4. The van der Waals surface area contributed by atoms with Crippen LogP contribution in [0.15, 0.2) is 104 Å². The Labute approximate surface area is 325 Å². The number of allylic oxidation sites excluding steroid dienone is 1. The van der Waals surface area contributed by atoms with Crippen LogP contribution in [0.3, 0.4) is 0 Å². The van der Waals surface area contributed by atoms with Gasteiger partial charge in [0.1, 0.15) is 17.7 Å². The Morgan fingerprint density at radius 1 is 1.02 bits per heavy atom. The summed E-state index contributed by atoms with van der Waals surface area (Å²) in [6.07, 6.45) is 2.63. The topological polar surface area (TPSA) is 125 Å². The van der Waals surface area contributed by atoms with E-state index in [0.29, 0.717) is 23.2 Å². The van der Waals surface area contributed by atoms with Crippen molar-refractivity contribution in [2.24, 2.45) is 11.8 Å². The average molecular weight is 799 g/mol. The molecule has 2 bridgehead atoms. The molecule has 3 heterocycles. The van der Waals surface area contributed by atoms with E-state index in [9.17, 15) is 14.7 Å². The molecule has 0 aliphatic carbocycles. The van der Waals surface area contributed by atoms with Crippen molar-refractivity contribution in [2.75, 3.05) is 18.1 Å². The van der Waals surface area contributed by atoms with E-state index in [1.165, 1.54) is 4.90 Å². The van der Waals surface area contributed by atoms with Crippen LogP contribution in [0.2, 0.25) is 0 Å². The van der Waals surface area contributed by atoms with Gasteiger partial charge in [-0.3, -0.25) is 19.2 Å². The van der Waals surface area contributed by atoms with Gasteiger partial charge in [0, 0.05) is 23.5 Å². The number of para-hydroxylation sites is 1. The average Bonchev–Trinajstić information content (AvgIpc) is 3.76. The van der Waals surface area contributed by atoms with Crippen LogP contribution in [0.25, 0.3) is 0 Å². The van der Waals surface area contributed by atoms with Gasteiger partial charge in [0.05, 0.1) is 36.6 Å². The number of fused-ring (bicyclic) bond motifs is 1. The van der Waals surface area contributed by atoms with Crippen LogP contribution < -0.4 is 10.2 Å². The number of rotatable bonds is 15. The van der Waals surface area contributed by atoms with E-state index >= 15 is 9.59 Å². The van der Waals surface area contributed by atoms with Crippen LogP contribution in [-0.4, -0.2) is 75.5 Å². The number of hydrogen-bond donors (Lipinski definition) is 2. The molecule has 2 N–H and O–H groups in total. The number of esters is 1. The number of aliphatic hydroxyl groups is 1. The number of carbonyl (C=O) groups excluding carboxylic acids is 4. The number of amides is 3. The largest absolute Gasteiger partial charge is 0.455 e. The Kier molecular flexibility index (Phi) is 11.9. The van der Waals surface area contributed by atoms with E-state index in [0.717, 1.165) is 11.1 Å². The molecule has 0 saturated carbocycles. The third-order valence-electron chi connectivity index (χ3n) is 11.0. The molecule has 3 saturated heterocycles. The van der Waals surface area contributed by atoms with Gasteiger partial charge in [0.15, 0.2) is 0 Å². The molecule has 6 rings (SSSR count). The van der Waals surface area contributed by atoms with Crippen LogP contribution in [0.4, 0.5) is 5.69 Å². The van der Waals surface area contributed by atoms with E-state index in [2.05, 4.69) is 34.4 Å². The number of aryl methyl sites for hydroxylation is 2. The molecular formula is C43H48BrN3O7. The molecule has 10 nitrogen and oxygen atoms in total. The molecule has 0 aromatic heterocycles. The summed E-state index contributed by atoms with van der Waals surface area (Å²) in [6, 6.07) is 21.3. The number of aliphatic hydroxyl groups excluding tert-OH is 1. The van der Waals surface area contributed by atoms with Crippen molar-refractivity contribution in [3.05, 3.63) is 126 Å². The lowest BCUT2D eigenvalue weighted by molar-refractivity contribution is -0.162. The summed E-state index contributed by atoms with van der Waals surface area (Å²) in [7, 11) is 0. The van der Waals surface area contributed by atoms with E-state index in [4.69, 9.17) is 9.47 Å². The van der Waals surface area contributed by atoms with Gasteiger partial charge in [0.2, 0.25) is 11.8 Å². The summed E-state index contributed by atoms with van der Waals surface area (Å²) >= 11 is 3.77. The molecular weight excluding hydrogens is 750 g/mol. The van der Waals surface area contributed by atoms with Gasteiger partial charge in [-0.2, -0.15) is 0 Å². The molecule has 3 aromatic carbocycles. The summed E-state index contributed by atoms with van der Waals surface area (Å²) in [5, 5.41) is 13.9. The Morgan fingerprint density at radius 2 is 1.65 bits per heavy atom. The minimum Gasteiger partial charge on any atom is -0.455 e. The SMILES string of the molecule is C=CCCC(=O)N[C@@H](C)[C@H](OC(=O)[C@H]1[C@@H]2O[C@@]3(CC2Br)[C@@H]1C(=O)N([C@H](CO)c1ccccc1)[C@@H]3C(=O)N(CC=C)c1c(C)cccc1C)c1ccccc1. The monoisotopic (exact) mass is 797 g/mol. The number of ether oxygens (including phenoxy) is 2. The normalized spacial score (nSPS) is 25.7. The molecule has 3 aliphatic heterocycles. The zero-order valence-corrected chi connectivity index (χ0v) is 32.5. The van der Waals surface area contributed by atoms with Crippen molar-refractivity contribution in [3.8, 4) is 0 Å². The van der Waals surface area contributed by atoms with E-state index in [-0.39, 0.29) is 25.3 Å². The fourth-order valence-electron chi connectivity index (χ4n) is 8.72. The zero-order chi connectivity index (χ0) is 38.7. The maximum Gasteiger partial charge on any atom is 0.313 e. The minimum atomic E-state index is -1.43. The highest BCUT2D eigenvalue weighted by molar-refractivity contribution is 9.09. The maximum atomic E-state index is 15.3. The Hall–Kier alpha value is -4.58. The first kappa shape index (κ1) is 39.1. The molecule has 0 radical (unpaired) electrons. The van der Waals surface area contributed by atoms with Gasteiger partial charge in [-0.1, -0.05) is 107 Å². The van der Waals surface area contributed by atoms with Crippen LogP contribution in [0.5, 0.6) is 0 Å². The van der Waals surface area contributed by atoms with Crippen molar-refractivity contribution in [1.82, 2.24) is 10.2 Å². The highest BCUT2D eigenvalue weighted by atomic mass is 79.9. The summed E-state index contributed by atoms with van der Waals surface area (Å²) in [5.41, 5.74) is 2.31. The number of nitrogens with one attached hydrogen (secondary N) is 1. The zero-order valence-electron chi connectivity index (χ0n) is 30.9. The standard InChI is InChI=1S/C43H48BrN3O7/c1-6-8-22-33(49)45-28(5)37(30-20-13-10-14-21-30)53-42(52)34-35-40(50)47(32(25-48)29-18-11-9-12-19-29)39(43(35)24-31(44)38(34)54-43)41(51)46(23-7-2)36-26(3)16-15-17-27(36)4/h6-7,9-21,28,31-32,34-35,37-39,48H,1-2,8,22-25H2,3-5H3,(H,45,49)/t28-,31?,32+,34+,35-,37-,38+,39+,43-/m0/s1. The van der Waals surface area contributed by atoms with E-state index in [1.54, 1.807) is 36.1 Å². The fourth-order valence-corrected chi connectivity index (χ4v) is 9.66. The van der Waals surface area contributed by atoms with Crippen LogP contribution in [-0.2, 0) is 28.7 Å². The van der Waals surface area contributed by atoms with Gasteiger partial charge in [-0.25, -0.2) is 0 Å². The summed E-state index contributed by atoms with van der Waals surface area (Å²) in [4.78, 5) is 60.6. The molecule has 11 heteroatoms. The summed E-state index contributed by atoms with van der Waals surface area (Å²) in [5.74, 6) is -3.93. The number of hydrogen-bond acceptors (Lipinski definition) is 7. The molecule has 3 fully saturated rings. The molecule has 3 aliphatic rings. The first-order valence-corrected chi connectivity index (χ1v) is 19.3. The summed E-state index contributed by atoms with van der Waals surface area (Å²) in [6.45, 7) is 12.9. The number of anilines is 1. The third-order valence-corrected chi connectivity index (χ3v) is 11.8. The smallest absolute Gasteiger partial charge is 0.313 e. The Balaban J connectivity index is 1.43. The number of halogens is 1. The van der Waals surface area contributed by atoms with Crippen molar-refractivity contribution in [2.45, 2.75) is 80.8 Å². The maximum absolute atomic E-state index is 15.3. The molecule has 1 spiro atoms. The third kappa shape index (κ3) is 7.05. The predicted octanol–water partition coefficient (Wildman–Crippen LogP) is 6.06. The van der Waals surface area contributed by atoms with Gasteiger partial charge in [-0.15, -0.1) is 13.2 Å². The molecule has 9 atom stereocenters. The number of carbonyl (C=O) groups is 4. The molecule has 3 aromatic rings. The molecule has 54 heavy (non-hydrogen) atoms. The quantitative estimate of drug-likeness (QED) is 0.109. The van der Waals surface area contributed by atoms with Gasteiger partial charge in [-0.05, 0) is 55.9 Å². The lowest BCUT2D eigenvalue weighted by Gasteiger charge is -2.40. The van der Waals surface area contributed by atoms with Crippen molar-refractivity contribution >= 4 is 45.3 Å². The molecule has 1 unspecified atom stereocenters. The lowest BCUT2D eigenvalue weighted by atomic mass is 9.70. The van der Waals surface area contributed by atoms with E-state index < -0.39 is 77.0 Å². The van der Waals surface area contributed by atoms with Crippen molar-refractivity contribution in [1.29, 1.82) is 0 Å².